The summed E-state index contributed by atoms with van der Waals surface area (Å²) >= 11 is 0. The zero-order valence-corrected chi connectivity index (χ0v) is 16.4. The molecule has 0 radical (unpaired) electrons. The Hall–Kier alpha value is -3.16. The van der Waals surface area contributed by atoms with Crippen molar-refractivity contribution >= 4 is 22.7 Å². The summed E-state index contributed by atoms with van der Waals surface area (Å²) in [6.45, 7) is 8.06. The summed E-state index contributed by atoms with van der Waals surface area (Å²) in [7, 11) is 0. The highest BCUT2D eigenvalue weighted by Gasteiger charge is 2.13. The summed E-state index contributed by atoms with van der Waals surface area (Å²) in [5, 5.41) is 6.91. The van der Waals surface area contributed by atoms with E-state index in [2.05, 4.69) is 58.5 Å². The number of carbonyl (C=O) groups is 1. The molecule has 0 aliphatic carbocycles. The van der Waals surface area contributed by atoms with Crippen LogP contribution in [0.5, 0.6) is 0 Å². The quantitative estimate of drug-likeness (QED) is 0.598. The number of rotatable bonds is 8. The van der Waals surface area contributed by atoms with E-state index < -0.39 is 0 Å². The third-order valence-electron chi connectivity index (χ3n) is 4.62. The van der Waals surface area contributed by atoms with Gasteiger partial charge in [-0.1, -0.05) is 17.3 Å². The molecule has 1 amide bonds. The summed E-state index contributed by atoms with van der Waals surface area (Å²) in [4.78, 5) is 30.9. The van der Waals surface area contributed by atoms with Crippen LogP contribution in [0.2, 0.25) is 0 Å². The van der Waals surface area contributed by atoms with Crippen molar-refractivity contribution in [3.05, 3.63) is 52.2 Å². The first-order chi connectivity index (χ1) is 13.5. The van der Waals surface area contributed by atoms with Crippen molar-refractivity contribution in [2.75, 3.05) is 24.5 Å². The molecule has 0 aliphatic rings. The molecule has 0 aliphatic heterocycles. The Balaban J connectivity index is 1.51. The largest absolute Gasteiger partial charge is 0.372 e. The van der Waals surface area contributed by atoms with E-state index in [0.717, 1.165) is 19.5 Å². The van der Waals surface area contributed by atoms with E-state index in [9.17, 15) is 9.59 Å². The van der Waals surface area contributed by atoms with E-state index in [0.29, 0.717) is 17.6 Å². The summed E-state index contributed by atoms with van der Waals surface area (Å²) in [5.41, 5.74) is 2.75. The Morgan fingerprint density at radius 3 is 2.89 bits per heavy atom. The van der Waals surface area contributed by atoms with Crippen LogP contribution >= 0.6 is 0 Å². The van der Waals surface area contributed by atoms with Crippen LogP contribution in [0.3, 0.4) is 0 Å². The van der Waals surface area contributed by atoms with Gasteiger partial charge in [0, 0.05) is 25.3 Å². The van der Waals surface area contributed by atoms with Crippen molar-refractivity contribution in [3.8, 4) is 0 Å². The van der Waals surface area contributed by atoms with Gasteiger partial charge in [0.15, 0.2) is 0 Å². The number of hydrogen-bond acceptors (Lipinski definition) is 6. The van der Waals surface area contributed by atoms with Crippen molar-refractivity contribution in [1.29, 1.82) is 0 Å². The van der Waals surface area contributed by atoms with Crippen LogP contribution in [0.25, 0.3) is 11.1 Å². The number of nitrogens with one attached hydrogen (secondary N) is 1. The third-order valence-corrected chi connectivity index (χ3v) is 4.62. The maximum atomic E-state index is 12.4. The number of benzene rings is 1. The smallest absolute Gasteiger partial charge is 0.267 e. The monoisotopic (exact) mass is 383 g/mol. The first-order valence-electron chi connectivity index (χ1n) is 9.39. The van der Waals surface area contributed by atoms with Crippen LogP contribution in [-0.4, -0.2) is 40.2 Å². The minimum absolute atomic E-state index is 0.0816. The van der Waals surface area contributed by atoms with Gasteiger partial charge in [0.05, 0.1) is 5.69 Å². The number of anilines is 1. The molecule has 0 bridgehead atoms. The molecule has 3 rings (SSSR count). The maximum absolute atomic E-state index is 12.4. The van der Waals surface area contributed by atoms with E-state index in [1.165, 1.54) is 22.1 Å². The van der Waals surface area contributed by atoms with E-state index in [4.69, 9.17) is 4.52 Å². The Labute approximate surface area is 163 Å². The molecule has 8 heteroatoms. The normalized spacial score (nSPS) is 11.0. The highest BCUT2D eigenvalue weighted by Crippen LogP contribution is 2.15. The van der Waals surface area contributed by atoms with Gasteiger partial charge in [-0.15, -0.1) is 0 Å². The van der Waals surface area contributed by atoms with Gasteiger partial charge in [0.25, 0.3) is 11.3 Å². The fourth-order valence-electron chi connectivity index (χ4n) is 3.13. The zero-order valence-electron chi connectivity index (χ0n) is 16.4. The van der Waals surface area contributed by atoms with Crippen molar-refractivity contribution in [1.82, 2.24) is 20.0 Å². The molecule has 8 nitrogen and oxygen atoms in total. The fraction of sp³-hybridized carbons (Fsp3) is 0.400. The Morgan fingerprint density at radius 1 is 1.32 bits per heavy atom. The average molecular weight is 383 g/mol. The van der Waals surface area contributed by atoms with Gasteiger partial charge in [0.2, 0.25) is 5.91 Å². The molecule has 28 heavy (non-hydrogen) atoms. The Kier molecular flexibility index (Phi) is 6.08. The first kappa shape index (κ1) is 19.6. The highest BCUT2D eigenvalue weighted by atomic mass is 16.5. The summed E-state index contributed by atoms with van der Waals surface area (Å²) in [6, 6.07) is 8.38. The van der Waals surface area contributed by atoms with Gasteiger partial charge in [-0.2, -0.15) is 0 Å². The minimum atomic E-state index is -0.324. The second-order valence-corrected chi connectivity index (χ2v) is 6.75. The minimum Gasteiger partial charge on any atom is -0.372 e. The topological polar surface area (TPSA) is 93.3 Å². The number of carbonyl (C=O) groups excluding carboxylic acids is 1. The average Bonchev–Trinajstić information content (AvgIpc) is 3.05. The molecule has 0 fully saturated rings. The molecule has 0 unspecified atom stereocenters. The number of hydrogen-bond donors (Lipinski definition) is 1. The van der Waals surface area contributed by atoms with Crippen LogP contribution in [0.15, 0.2) is 39.9 Å². The third kappa shape index (κ3) is 4.39. The number of fused-ring (bicyclic) bond motifs is 1. The van der Waals surface area contributed by atoms with Crippen molar-refractivity contribution in [2.45, 2.75) is 33.7 Å². The first-order valence-corrected chi connectivity index (χ1v) is 9.39. The lowest BCUT2D eigenvalue weighted by Gasteiger charge is -2.23. The predicted molar refractivity (Wildman–Crippen MR) is 107 cm³/mol. The zero-order chi connectivity index (χ0) is 20.1. The summed E-state index contributed by atoms with van der Waals surface area (Å²) in [5.74, 6) is -0.226. The molecule has 0 atom stereocenters. The van der Waals surface area contributed by atoms with Crippen molar-refractivity contribution in [2.24, 2.45) is 0 Å². The maximum Gasteiger partial charge on any atom is 0.267 e. The van der Waals surface area contributed by atoms with Crippen LogP contribution in [-0.2, 0) is 11.3 Å². The van der Waals surface area contributed by atoms with Gasteiger partial charge < -0.3 is 14.7 Å². The highest BCUT2D eigenvalue weighted by molar-refractivity contribution is 5.77. The van der Waals surface area contributed by atoms with Crippen molar-refractivity contribution in [3.63, 3.8) is 0 Å². The molecule has 1 aromatic carbocycles. The molecule has 148 valence electrons. The number of amides is 1. The van der Waals surface area contributed by atoms with Gasteiger partial charge in [-0.3, -0.25) is 14.2 Å². The van der Waals surface area contributed by atoms with Gasteiger partial charge >= 0.3 is 0 Å². The fourth-order valence-corrected chi connectivity index (χ4v) is 3.13. The molecule has 0 saturated heterocycles. The van der Waals surface area contributed by atoms with E-state index >= 15 is 0 Å². The molecule has 3 aromatic rings. The summed E-state index contributed by atoms with van der Waals surface area (Å²) in [6.07, 6.45) is 2.12. The summed E-state index contributed by atoms with van der Waals surface area (Å²) < 4.78 is 6.24. The molecular weight excluding hydrogens is 358 g/mol. The van der Waals surface area contributed by atoms with Gasteiger partial charge in [-0.25, -0.2) is 4.98 Å². The Bertz CT molecular complexity index is 1020. The van der Waals surface area contributed by atoms with Gasteiger partial charge in [-0.05, 0) is 44.9 Å². The predicted octanol–water partition coefficient (Wildman–Crippen LogP) is 2.03. The van der Waals surface area contributed by atoms with E-state index in [-0.39, 0.29) is 23.7 Å². The molecule has 0 saturated carbocycles. The second-order valence-electron chi connectivity index (χ2n) is 6.75. The molecule has 1 N–H and O–H groups in total. The number of nitrogens with zero attached hydrogens (tertiary/aromatic N) is 4. The SMILES string of the molecule is CCN(CCCNC(=O)Cn1cnc2onc(C)c2c1=O)c1cccc(C)c1. The lowest BCUT2D eigenvalue weighted by molar-refractivity contribution is -0.121. The van der Waals surface area contributed by atoms with E-state index in [1.807, 2.05) is 0 Å². The van der Waals surface area contributed by atoms with Crippen LogP contribution in [0.1, 0.15) is 24.6 Å². The van der Waals surface area contributed by atoms with Crippen LogP contribution in [0, 0.1) is 13.8 Å². The molecule has 2 heterocycles. The lowest BCUT2D eigenvalue weighted by Crippen LogP contribution is -2.34. The Morgan fingerprint density at radius 2 is 2.14 bits per heavy atom. The van der Waals surface area contributed by atoms with Gasteiger partial charge in [0.1, 0.15) is 18.3 Å². The van der Waals surface area contributed by atoms with Crippen LogP contribution in [0.4, 0.5) is 5.69 Å². The van der Waals surface area contributed by atoms with Crippen LogP contribution < -0.4 is 15.8 Å². The lowest BCUT2D eigenvalue weighted by atomic mass is 10.2. The molecular formula is C20H25N5O3. The number of aryl methyl sites for hydroxylation is 2. The standard InChI is InChI=1S/C20H25N5O3/c1-4-24(16-8-5-7-14(2)11-16)10-6-9-21-17(26)12-25-13-22-19-18(20(25)27)15(3)23-28-19/h5,7-8,11,13H,4,6,9-10,12H2,1-3H3,(H,21,26). The molecule has 0 spiro atoms. The number of aromatic nitrogens is 3. The molecule has 2 aromatic heterocycles. The second kappa shape index (κ2) is 8.69. The van der Waals surface area contributed by atoms with E-state index in [1.54, 1.807) is 6.92 Å². The van der Waals surface area contributed by atoms with Crippen molar-refractivity contribution < 1.29 is 9.32 Å².